The van der Waals surface area contributed by atoms with E-state index in [1.165, 1.54) is 24.5 Å². The number of benzene rings is 1. The van der Waals surface area contributed by atoms with Crippen LogP contribution in [0.1, 0.15) is 20.9 Å². The molecule has 0 atom stereocenters. The van der Waals surface area contributed by atoms with Crippen LogP contribution in [0.2, 0.25) is 0 Å². The van der Waals surface area contributed by atoms with E-state index >= 15 is 0 Å². The second-order valence-electron chi connectivity index (χ2n) is 4.34. The maximum absolute atomic E-state index is 13.6. The minimum Gasteiger partial charge on any atom is -0.464 e. The lowest BCUT2D eigenvalue weighted by Gasteiger charge is -2.15. The lowest BCUT2D eigenvalue weighted by Crippen LogP contribution is -2.17. The Hall–Kier alpha value is -1.95. The van der Waals surface area contributed by atoms with Crippen molar-refractivity contribution in [2.75, 3.05) is 19.1 Å². The van der Waals surface area contributed by atoms with Gasteiger partial charge < -0.3 is 9.64 Å². The van der Waals surface area contributed by atoms with Crippen LogP contribution in [0.4, 0.5) is 9.52 Å². The van der Waals surface area contributed by atoms with Crippen LogP contribution in [-0.2, 0) is 11.3 Å². The van der Waals surface area contributed by atoms with Gasteiger partial charge in [-0.15, -0.1) is 11.3 Å². The van der Waals surface area contributed by atoms with Crippen LogP contribution in [0.3, 0.4) is 0 Å². The smallest absolute Gasteiger partial charge is 0.357 e. The summed E-state index contributed by atoms with van der Waals surface area (Å²) >= 11 is 1.38. The monoisotopic (exact) mass is 294 g/mol. The van der Waals surface area contributed by atoms with Crippen molar-refractivity contribution in [3.8, 4) is 0 Å². The lowest BCUT2D eigenvalue weighted by molar-refractivity contribution is 0.0594. The highest BCUT2D eigenvalue weighted by atomic mass is 32.1. The van der Waals surface area contributed by atoms with Gasteiger partial charge in [-0.25, -0.2) is 14.2 Å². The molecule has 0 aliphatic rings. The highest BCUT2D eigenvalue weighted by molar-refractivity contribution is 7.15. The van der Waals surface area contributed by atoms with E-state index in [1.54, 1.807) is 18.2 Å². The van der Waals surface area contributed by atoms with E-state index in [9.17, 15) is 9.18 Å². The van der Waals surface area contributed by atoms with Crippen molar-refractivity contribution in [2.24, 2.45) is 0 Å². The predicted molar refractivity (Wildman–Crippen MR) is 76.7 cm³/mol. The molecule has 20 heavy (non-hydrogen) atoms. The molecule has 2 rings (SSSR count). The van der Waals surface area contributed by atoms with Gasteiger partial charge >= 0.3 is 5.97 Å². The molecule has 0 bridgehead atoms. The Labute approximate surface area is 120 Å². The molecule has 0 N–H and O–H groups in total. The first-order chi connectivity index (χ1) is 9.52. The Kier molecular flexibility index (Phi) is 4.34. The van der Waals surface area contributed by atoms with Gasteiger partial charge in [-0.1, -0.05) is 18.2 Å². The second kappa shape index (κ2) is 6.00. The lowest BCUT2D eigenvalue weighted by atomic mass is 10.2. The summed E-state index contributed by atoms with van der Waals surface area (Å²) in [6.07, 6.45) is 0. The Morgan fingerprint density at radius 3 is 2.80 bits per heavy atom. The molecule has 1 aromatic carbocycles. The number of aromatic nitrogens is 1. The third-order valence-electron chi connectivity index (χ3n) is 2.86. The minimum atomic E-state index is -0.454. The maximum Gasteiger partial charge on any atom is 0.357 e. The number of hydrogen-bond donors (Lipinski definition) is 0. The summed E-state index contributed by atoms with van der Waals surface area (Å²) in [4.78, 5) is 18.4. The van der Waals surface area contributed by atoms with E-state index in [0.717, 1.165) is 4.88 Å². The molecule has 0 unspecified atom stereocenters. The average Bonchev–Trinajstić information content (AvgIpc) is 2.82. The highest BCUT2D eigenvalue weighted by Gasteiger charge is 2.18. The summed E-state index contributed by atoms with van der Waals surface area (Å²) in [5, 5.41) is 0.658. The van der Waals surface area contributed by atoms with Gasteiger partial charge in [0.05, 0.1) is 7.11 Å². The van der Waals surface area contributed by atoms with Gasteiger partial charge in [-0.05, 0) is 13.0 Å². The van der Waals surface area contributed by atoms with Gasteiger partial charge in [-0.3, -0.25) is 0 Å². The molecule has 0 radical (unpaired) electrons. The van der Waals surface area contributed by atoms with E-state index in [2.05, 4.69) is 9.72 Å². The van der Waals surface area contributed by atoms with Gasteiger partial charge in [0.25, 0.3) is 0 Å². The Morgan fingerprint density at radius 2 is 2.15 bits per heavy atom. The SMILES string of the molecule is COC(=O)c1nc(N(C)Cc2ccccc2F)sc1C. The van der Waals surface area contributed by atoms with Crippen LogP contribution < -0.4 is 4.90 Å². The van der Waals surface area contributed by atoms with Gasteiger partial charge in [-0.2, -0.15) is 0 Å². The molecule has 0 aliphatic carbocycles. The summed E-state index contributed by atoms with van der Waals surface area (Å²) in [5.74, 6) is -0.704. The number of anilines is 1. The zero-order valence-electron chi connectivity index (χ0n) is 11.5. The van der Waals surface area contributed by atoms with Crippen molar-refractivity contribution in [2.45, 2.75) is 13.5 Å². The number of thiazole rings is 1. The van der Waals surface area contributed by atoms with Crippen molar-refractivity contribution >= 4 is 22.4 Å². The molecule has 0 fully saturated rings. The van der Waals surface area contributed by atoms with E-state index in [1.807, 2.05) is 18.9 Å². The van der Waals surface area contributed by atoms with Crippen LogP contribution in [0.25, 0.3) is 0 Å². The fourth-order valence-corrected chi connectivity index (χ4v) is 2.64. The molecule has 2 aromatic rings. The molecule has 0 saturated heterocycles. The summed E-state index contributed by atoms with van der Waals surface area (Å²) < 4.78 is 18.3. The Balaban J connectivity index is 2.20. The Morgan fingerprint density at radius 1 is 1.45 bits per heavy atom. The number of hydrogen-bond acceptors (Lipinski definition) is 5. The molecule has 106 valence electrons. The number of rotatable bonds is 4. The van der Waals surface area contributed by atoms with E-state index in [0.29, 0.717) is 22.9 Å². The van der Waals surface area contributed by atoms with Crippen molar-refractivity contribution in [1.82, 2.24) is 4.98 Å². The molecular weight excluding hydrogens is 279 g/mol. The zero-order chi connectivity index (χ0) is 14.7. The fraction of sp³-hybridized carbons (Fsp3) is 0.286. The van der Waals surface area contributed by atoms with Crippen molar-refractivity contribution in [1.29, 1.82) is 0 Å². The quantitative estimate of drug-likeness (QED) is 0.813. The molecule has 0 saturated carbocycles. The second-order valence-corrected chi connectivity index (χ2v) is 5.52. The first-order valence-electron chi connectivity index (χ1n) is 6.03. The number of nitrogens with zero attached hydrogens (tertiary/aromatic N) is 2. The van der Waals surface area contributed by atoms with E-state index in [4.69, 9.17) is 0 Å². The third-order valence-corrected chi connectivity index (χ3v) is 3.94. The molecule has 0 aliphatic heterocycles. The van der Waals surface area contributed by atoms with Gasteiger partial charge in [0, 0.05) is 24.0 Å². The van der Waals surface area contributed by atoms with Crippen LogP contribution in [-0.4, -0.2) is 25.1 Å². The average molecular weight is 294 g/mol. The standard InChI is InChI=1S/C14H15FN2O2S/c1-9-12(13(18)19-3)16-14(20-9)17(2)8-10-6-4-5-7-11(10)15/h4-7H,8H2,1-3H3. The summed E-state index contributed by atoms with van der Waals surface area (Å²) in [5.41, 5.74) is 0.898. The summed E-state index contributed by atoms with van der Waals surface area (Å²) in [6.45, 7) is 2.20. The summed E-state index contributed by atoms with van der Waals surface area (Å²) in [7, 11) is 3.13. The largest absolute Gasteiger partial charge is 0.464 e. The van der Waals surface area contributed by atoms with Crippen LogP contribution in [0.5, 0.6) is 0 Å². The topological polar surface area (TPSA) is 42.4 Å². The third kappa shape index (κ3) is 2.96. The number of methoxy groups -OCH3 is 1. The first kappa shape index (κ1) is 14.5. The highest BCUT2D eigenvalue weighted by Crippen LogP contribution is 2.26. The van der Waals surface area contributed by atoms with Gasteiger partial charge in [0.15, 0.2) is 10.8 Å². The molecule has 0 amide bonds. The minimum absolute atomic E-state index is 0.249. The number of ether oxygens (including phenoxy) is 1. The number of carbonyl (C=O) groups is 1. The molecule has 6 heteroatoms. The zero-order valence-corrected chi connectivity index (χ0v) is 12.3. The number of aryl methyl sites for hydroxylation is 1. The number of carbonyl (C=O) groups excluding carboxylic acids is 1. The van der Waals surface area contributed by atoms with Crippen molar-refractivity contribution in [3.05, 3.63) is 46.2 Å². The molecule has 1 aromatic heterocycles. The van der Waals surface area contributed by atoms with Crippen molar-refractivity contribution < 1.29 is 13.9 Å². The molecule has 4 nitrogen and oxygen atoms in total. The Bertz CT molecular complexity index is 627. The number of halogens is 1. The van der Waals surface area contributed by atoms with Crippen LogP contribution >= 0.6 is 11.3 Å². The predicted octanol–water partition coefficient (Wildman–Crippen LogP) is 3.01. The molecule has 1 heterocycles. The van der Waals surface area contributed by atoms with Crippen LogP contribution in [0.15, 0.2) is 24.3 Å². The van der Waals surface area contributed by atoms with Crippen LogP contribution in [0, 0.1) is 12.7 Å². The maximum atomic E-state index is 13.6. The normalized spacial score (nSPS) is 10.4. The molecule has 0 spiro atoms. The number of esters is 1. The fourth-order valence-electron chi connectivity index (χ4n) is 1.78. The first-order valence-corrected chi connectivity index (χ1v) is 6.85. The molecular formula is C14H15FN2O2S. The summed E-state index contributed by atoms with van der Waals surface area (Å²) in [6, 6.07) is 6.60. The van der Waals surface area contributed by atoms with Crippen molar-refractivity contribution in [3.63, 3.8) is 0 Å². The van der Waals surface area contributed by atoms with Gasteiger partial charge in [0.1, 0.15) is 5.82 Å². The van der Waals surface area contributed by atoms with E-state index < -0.39 is 5.97 Å². The van der Waals surface area contributed by atoms with Gasteiger partial charge in [0.2, 0.25) is 0 Å². The van der Waals surface area contributed by atoms with E-state index in [-0.39, 0.29) is 5.82 Å².